The molecule has 0 saturated carbocycles. The third kappa shape index (κ3) is 6.51. The van der Waals surface area contributed by atoms with Gasteiger partial charge >= 0.3 is 0 Å². The molecule has 1 fully saturated rings. The minimum atomic E-state index is -1.20. The van der Waals surface area contributed by atoms with Gasteiger partial charge in [0.2, 0.25) is 11.8 Å². The molecule has 0 bridgehead atoms. The number of ketones is 1. The number of nitrogens with one attached hydrogen (secondary N) is 1. The normalized spacial score (nSPS) is 19.9. The largest absolute Gasteiger partial charge is 0.374 e. The Balaban J connectivity index is 1.56. The molecule has 208 valence electrons. The molecule has 2 aliphatic rings. The second kappa shape index (κ2) is 11.9. The number of hydrogen-bond acceptors (Lipinski definition) is 7. The summed E-state index contributed by atoms with van der Waals surface area (Å²) in [5, 5.41) is 3.60. The lowest BCUT2D eigenvalue weighted by atomic mass is 9.84. The average Bonchev–Trinajstić information content (AvgIpc) is 3.19. The van der Waals surface area contributed by atoms with E-state index in [-0.39, 0.29) is 37.3 Å². The zero-order valence-corrected chi connectivity index (χ0v) is 23.3. The van der Waals surface area contributed by atoms with E-state index < -0.39 is 23.0 Å². The average molecular weight is 555 g/mol. The SMILES string of the molecule is CSC1=CC(=O)[C@]2(Cc3ccc(F)cc3)CN(C(=O)[C@@H](COCc3ccccc3)NC(=O)C(C)(C)N)CCN12. The van der Waals surface area contributed by atoms with E-state index in [0.717, 1.165) is 16.2 Å². The number of hydrogen-bond donors (Lipinski definition) is 2. The molecule has 10 heteroatoms. The van der Waals surface area contributed by atoms with Crippen LogP contribution in [-0.2, 0) is 32.1 Å². The van der Waals surface area contributed by atoms with E-state index in [4.69, 9.17) is 10.5 Å². The first-order valence-corrected chi connectivity index (χ1v) is 14.1. The molecule has 0 aliphatic carbocycles. The van der Waals surface area contributed by atoms with Gasteiger partial charge in [-0.25, -0.2) is 4.39 Å². The van der Waals surface area contributed by atoms with Crippen LogP contribution < -0.4 is 11.1 Å². The molecule has 0 radical (unpaired) electrons. The highest BCUT2D eigenvalue weighted by atomic mass is 32.2. The lowest BCUT2D eigenvalue weighted by Crippen LogP contribution is -2.67. The molecule has 3 N–H and O–H groups in total. The van der Waals surface area contributed by atoms with Gasteiger partial charge in [0.05, 0.1) is 30.3 Å². The van der Waals surface area contributed by atoms with Crippen LogP contribution in [0.25, 0.3) is 0 Å². The first-order valence-electron chi connectivity index (χ1n) is 12.9. The van der Waals surface area contributed by atoms with Gasteiger partial charge in [0.15, 0.2) is 5.78 Å². The summed E-state index contributed by atoms with van der Waals surface area (Å²) < 4.78 is 19.4. The van der Waals surface area contributed by atoms with Crippen molar-refractivity contribution in [3.63, 3.8) is 0 Å². The number of piperazine rings is 1. The zero-order valence-electron chi connectivity index (χ0n) is 22.5. The maximum atomic E-state index is 13.9. The Bertz CT molecular complexity index is 1230. The molecule has 1 saturated heterocycles. The Morgan fingerprint density at radius 1 is 1.13 bits per heavy atom. The number of amides is 2. The summed E-state index contributed by atoms with van der Waals surface area (Å²) in [4.78, 5) is 43.8. The number of benzene rings is 2. The van der Waals surface area contributed by atoms with Gasteiger partial charge in [-0.1, -0.05) is 42.5 Å². The number of carbonyl (C=O) groups excluding carboxylic acids is 3. The van der Waals surface area contributed by atoms with Gasteiger partial charge in [0.1, 0.15) is 17.4 Å². The van der Waals surface area contributed by atoms with Crippen LogP contribution in [0.5, 0.6) is 0 Å². The van der Waals surface area contributed by atoms with Gasteiger partial charge in [-0.2, -0.15) is 0 Å². The first-order chi connectivity index (χ1) is 18.5. The Kier molecular flexibility index (Phi) is 8.78. The maximum Gasteiger partial charge on any atom is 0.247 e. The Morgan fingerprint density at radius 2 is 1.82 bits per heavy atom. The van der Waals surface area contributed by atoms with Crippen LogP contribution in [0.4, 0.5) is 4.39 Å². The van der Waals surface area contributed by atoms with Gasteiger partial charge in [-0.15, -0.1) is 11.8 Å². The summed E-state index contributed by atoms with van der Waals surface area (Å²) in [5.74, 6) is -1.28. The van der Waals surface area contributed by atoms with Crippen molar-refractivity contribution < 1.29 is 23.5 Å². The van der Waals surface area contributed by atoms with Crippen molar-refractivity contribution in [3.05, 3.63) is 82.6 Å². The molecule has 0 unspecified atom stereocenters. The van der Waals surface area contributed by atoms with Crippen LogP contribution in [0, 0.1) is 5.82 Å². The smallest absolute Gasteiger partial charge is 0.247 e. The van der Waals surface area contributed by atoms with Gasteiger partial charge in [0, 0.05) is 25.6 Å². The van der Waals surface area contributed by atoms with Crippen LogP contribution in [-0.4, -0.2) is 77.0 Å². The standard InChI is InChI=1S/C29H35FN4O4S/c1-28(2,31)27(37)32-23(18-38-17-21-7-5-4-6-8-21)26(36)33-13-14-34-25(39-3)15-24(35)29(34,19-33)16-20-9-11-22(30)12-10-20/h4-12,15,23H,13-14,16-19,31H2,1-3H3,(H,32,37)/t23-,29+/m1/s1. The highest BCUT2D eigenvalue weighted by molar-refractivity contribution is 8.02. The fraction of sp³-hybridized carbons (Fsp3) is 0.414. The third-order valence-corrected chi connectivity index (χ3v) is 7.81. The zero-order chi connectivity index (χ0) is 28.2. The van der Waals surface area contributed by atoms with Gasteiger partial charge in [0.25, 0.3) is 0 Å². The summed E-state index contributed by atoms with van der Waals surface area (Å²) in [7, 11) is 0. The summed E-state index contributed by atoms with van der Waals surface area (Å²) in [6.45, 7) is 4.29. The van der Waals surface area contributed by atoms with Gasteiger partial charge in [-0.3, -0.25) is 14.4 Å². The number of ether oxygens (including phenoxy) is 1. The van der Waals surface area contributed by atoms with Crippen LogP contribution in [0.15, 0.2) is 65.7 Å². The van der Waals surface area contributed by atoms with Gasteiger partial charge < -0.3 is 25.6 Å². The summed E-state index contributed by atoms with van der Waals surface area (Å²) in [6.07, 6.45) is 3.85. The maximum absolute atomic E-state index is 13.9. The Morgan fingerprint density at radius 3 is 2.46 bits per heavy atom. The van der Waals surface area contributed by atoms with Crippen molar-refractivity contribution in [2.24, 2.45) is 5.73 Å². The van der Waals surface area contributed by atoms with Crippen molar-refractivity contribution in [3.8, 4) is 0 Å². The topological polar surface area (TPSA) is 105 Å². The monoisotopic (exact) mass is 554 g/mol. The molecular formula is C29H35FN4O4S. The van der Waals surface area contributed by atoms with Crippen molar-refractivity contribution in [1.29, 1.82) is 0 Å². The van der Waals surface area contributed by atoms with Crippen molar-refractivity contribution in [2.75, 3.05) is 32.5 Å². The number of fused-ring (bicyclic) bond motifs is 1. The van der Waals surface area contributed by atoms with Crippen molar-refractivity contribution >= 4 is 29.4 Å². The first kappa shape index (κ1) is 28.8. The molecule has 2 amide bonds. The molecule has 4 rings (SSSR count). The van der Waals surface area contributed by atoms with E-state index in [9.17, 15) is 18.8 Å². The molecule has 2 aromatic rings. The van der Waals surface area contributed by atoms with E-state index in [1.807, 2.05) is 36.6 Å². The molecule has 0 spiro atoms. The molecule has 8 nitrogen and oxygen atoms in total. The van der Waals surface area contributed by atoms with E-state index in [1.54, 1.807) is 37.0 Å². The van der Waals surface area contributed by atoms with E-state index >= 15 is 0 Å². The fourth-order valence-electron chi connectivity index (χ4n) is 4.92. The van der Waals surface area contributed by atoms with Crippen LogP contribution >= 0.6 is 11.8 Å². The molecule has 0 aromatic heterocycles. The van der Waals surface area contributed by atoms with Crippen LogP contribution in [0.1, 0.15) is 25.0 Å². The highest BCUT2D eigenvalue weighted by Crippen LogP contribution is 2.39. The molecule has 2 aromatic carbocycles. The highest BCUT2D eigenvalue weighted by Gasteiger charge is 2.52. The number of carbonyl (C=O) groups is 3. The van der Waals surface area contributed by atoms with E-state index in [0.29, 0.717) is 19.5 Å². The Hall–Kier alpha value is -3.21. The number of thioether (sulfide) groups is 1. The van der Waals surface area contributed by atoms with E-state index in [2.05, 4.69) is 10.2 Å². The van der Waals surface area contributed by atoms with Crippen LogP contribution in [0.2, 0.25) is 0 Å². The molecule has 2 atom stereocenters. The van der Waals surface area contributed by atoms with Crippen molar-refractivity contribution in [2.45, 2.75) is 44.0 Å². The minimum Gasteiger partial charge on any atom is -0.374 e. The molecule has 2 heterocycles. The fourth-order valence-corrected chi connectivity index (χ4v) is 5.63. The number of rotatable bonds is 10. The predicted octanol–water partition coefficient (Wildman–Crippen LogP) is 2.48. The van der Waals surface area contributed by atoms with Crippen LogP contribution in [0.3, 0.4) is 0 Å². The number of nitrogens with two attached hydrogens (primary N) is 1. The minimum absolute atomic E-state index is 0.0526. The van der Waals surface area contributed by atoms with Crippen molar-refractivity contribution in [1.82, 2.24) is 15.1 Å². The number of halogens is 1. The second-order valence-electron chi connectivity index (χ2n) is 10.5. The quantitative estimate of drug-likeness (QED) is 0.465. The predicted molar refractivity (Wildman–Crippen MR) is 149 cm³/mol. The third-order valence-electron chi connectivity index (χ3n) is 7.06. The van der Waals surface area contributed by atoms with Gasteiger partial charge in [-0.05, 0) is 43.4 Å². The summed E-state index contributed by atoms with van der Waals surface area (Å²) in [6, 6.07) is 14.6. The lowest BCUT2D eigenvalue weighted by Gasteiger charge is -2.48. The molecule has 39 heavy (non-hydrogen) atoms. The van der Waals surface area contributed by atoms with E-state index in [1.165, 1.54) is 23.9 Å². The Labute approximate surface area is 232 Å². The summed E-state index contributed by atoms with van der Waals surface area (Å²) in [5.41, 5.74) is 5.52. The summed E-state index contributed by atoms with van der Waals surface area (Å²) >= 11 is 1.48. The lowest BCUT2D eigenvalue weighted by molar-refractivity contribution is -0.145. The molecular weight excluding hydrogens is 519 g/mol. The molecule has 2 aliphatic heterocycles. The second-order valence-corrected chi connectivity index (χ2v) is 11.4. The number of nitrogens with zero attached hydrogens (tertiary/aromatic N) is 2.